The third-order valence-corrected chi connectivity index (χ3v) is 6.41. The van der Waals surface area contributed by atoms with E-state index in [-0.39, 0.29) is 0 Å². The van der Waals surface area contributed by atoms with Crippen molar-refractivity contribution in [1.82, 2.24) is 0 Å². The molecule has 0 spiro atoms. The minimum Gasteiger partial charge on any atom is -0.370 e. The molecule has 24 heavy (non-hydrogen) atoms. The lowest BCUT2D eigenvalue weighted by molar-refractivity contribution is 0.0684. The van der Waals surface area contributed by atoms with Crippen LogP contribution in [0, 0.1) is 0 Å². The molecule has 0 amide bonds. The Morgan fingerprint density at radius 1 is 0.583 bits per heavy atom. The fraction of sp³-hybridized carbons (Fsp3) is 0.900. The molecule has 0 aromatic heterocycles. The third kappa shape index (κ3) is 13.2. The first-order valence-corrected chi connectivity index (χ1v) is 12.1. The largest absolute Gasteiger partial charge is 0.529 e. The van der Waals surface area contributed by atoms with E-state index in [4.69, 9.17) is 13.3 Å². The number of rotatable bonds is 18. The highest BCUT2D eigenvalue weighted by atomic mass is 28.4. The van der Waals surface area contributed by atoms with Crippen LogP contribution >= 0.6 is 0 Å². The normalized spacial score (nSPS) is 12.3. The van der Waals surface area contributed by atoms with E-state index in [9.17, 15) is 0 Å². The first kappa shape index (κ1) is 23.8. The second-order valence-corrected chi connectivity index (χ2v) is 8.87. The molecule has 0 fully saturated rings. The van der Waals surface area contributed by atoms with Crippen molar-refractivity contribution < 1.29 is 13.3 Å². The van der Waals surface area contributed by atoms with Gasteiger partial charge in [-0.3, -0.25) is 0 Å². The Balaban J connectivity index is 4.67. The van der Waals surface area contributed by atoms with Crippen molar-refractivity contribution in [2.24, 2.45) is 0 Å². The fourth-order valence-electron chi connectivity index (χ4n) is 2.26. The molecule has 0 saturated carbocycles. The monoisotopic (exact) mass is 358 g/mol. The zero-order valence-corrected chi connectivity index (χ0v) is 17.8. The van der Waals surface area contributed by atoms with E-state index in [1.165, 1.54) is 25.7 Å². The van der Waals surface area contributed by atoms with Crippen molar-refractivity contribution >= 4 is 8.80 Å². The van der Waals surface area contributed by atoms with Crippen molar-refractivity contribution in [2.45, 2.75) is 98.3 Å². The minimum atomic E-state index is -2.66. The van der Waals surface area contributed by atoms with Gasteiger partial charge in [-0.15, -0.1) is 0 Å². The van der Waals surface area contributed by atoms with Gasteiger partial charge in [0.2, 0.25) is 0 Å². The second kappa shape index (κ2) is 17.7. The molecule has 0 atom stereocenters. The molecule has 0 unspecified atom stereocenters. The Morgan fingerprint density at radius 3 is 1.46 bits per heavy atom. The molecule has 0 heterocycles. The molecule has 0 aliphatic heterocycles. The lowest BCUT2D eigenvalue weighted by atomic mass is 10.2. The van der Waals surface area contributed by atoms with E-state index in [1.54, 1.807) is 0 Å². The molecular formula is C20H42O3Si. The maximum Gasteiger partial charge on any atom is 0.529 e. The second-order valence-electron chi connectivity index (χ2n) is 6.46. The highest BCUT2D eigenvalue weighted by Crippen LogP contribution is 2.16. The fourth-order valence-corrected chi connectivity index (χ4v) is 4.54. The molecule has 0 saturated heterocycles. The Labute approximate surface area is 152 Å². The lowest BCUT2D eigenvalue weighted by Crippen LogP contribution is -2.45. The van der Waals surface area contributed by atoms with Gasteiger partial charge in [0.25, 0.3) is 0 Å². The topological polar surface area (TPSA) is 27.7 Å². The number of hydrogen-bond donors (Lipinski definition) is 0. The van der Waals surface area contributed by atoms with Crippen LogP contribution in [0.15, 0.2) is 11.8 Å². The van der Waals surface area contributed by atoms with Crippen molar-refractivity contribution in [3.05, 3.63) is 11.8 Å². The van der Waals surface area contributed by atoms with E-state index in [0.29, 0.717) is 0 Å². The summed E-state index contributed by atoms with van der Waals surface area (Å²) in [5, 5.41) is 0. The summed E-state index contributed by atoms with van der Waals surface area (Å²) in [5.41, 5.74) is 2.15. The van der Waals surface area contributed by atoms with Crippen molar-refractivity contribution in [1.29, 1.82) is 0 Å². The standard InChI is InChI=1S/C20H42O3Si/c1-5-9-13-14-15-16-20-24(21-17-10-6-2,22-18-11-7-3)23-19-12-8-4/h16,20H,5-15,17-19H2,1-4H3. The van der Waals surface area contributed by atoms with E-state index in [2.05, 4.69) is 39.5 Å². The first-order valence-electron chi connectivity index (χ1n) is 10.3. The molecule has 0 bridgehead atoms. The van der Waals surface area contributed by atoms with Crippen LogP contribution in [-0.2, 0) is 13.3 Å². The summed E-state index contributed by atoms with van der Waals surface area (Å²) in [6, 6.07) is 0. The van der Waals surface area contributed by atoms with Gasteiger partial charge >= 0.3 is 8.80 Å². The van der Waals surface area contributed by atoms with Crippen LogP contribution in [0.1, 0.15) is 98.3 Å². The Morgan fingerprint density at radius 2 is 1.04 bits per heavy atom. The first-order chi connectivity index (χ1) is 11.7. The predicted octanol–water partition coefficient (Wildman–Crippen LogP) is 6.44. The van der Waals surface area contributed by atoms with Gasteiger partial charge in [-0.2, -0.15) is 0 Å². The molecule has 0 rings (SSSR count). The van der Waals surface area contributed by atoms with E-state index < -0.39 is 8.80 Å². The van der Waals surface area contributed by atoms with Gasteiger partial charge in [0.15, 0.2) is 0 Å². The molecule has 0 aliphatic rings. The van der Waals surface area contributed by atoms with Crippen LogP contribution in [0.4, 0.5) is 0 Å². The quantitative estimate of drug-likeness (QED) is 0.208. The average Bonchev–Trinajstić information content (AvgIpc) is 2.58. The lowest BCUT2D eigenvalue weighted by Gasteiger charge is -2.27. The molecule has 0 aromatic carbocycles. The average molecular weight is 359 g/mol. The smallest absolute Gasteiger partial charge is 0.370 e. The van der Waals surface area contributed by atoms with E-state index in [0.717, 1.165) is 64.8 Å². The summed E-state index contributed by atoms with van der Waals surface area (Å²) >= 11 is 0. The molecule has 3 nitrogen and oxygen atoms in total. The van der Waals surface area contributed by atoms with Gasteiger partial charge in [0.05, 0.1) is 0 Å². The SMILES string of the molecule is CCCCCCC=C[Si](OCCCC)(OCCCC)OCCCC. The summed E-state index contributed by atoms with van der Waals surface area (Å²) in [6.07, 6.45) is 15.1. The van der Waals surface area contributed by atoms with Gasteiger partial charge in [0, 0.05) is 19.8 Å². The number of unbranched alkanes of at least 4 members (excludes halogenated alkanes) is 7. The van der Waals surface area contributed by atoms with Gasteiger partial charge < -0.3 is 13.3 Å². The summed E-state index contributed by atoms with van der Waals surface area (Å²) in [4.78, 5) is 0. The summed E-state index contributed by atoms with van der Waals surface area (Å²) in [7, 11) is -2.66. The zero-order valence-electron chi connectivity index (χ0n) is 16.8. The Bertz CT molecular complexity index is 256. The van der Waals surface area contributed by atoms with Crippen molar-refractivity contribution in [3.63, 3.8) is 0 Å². The highest BCUT2D eigenvalue weighted by molar-refractivity contribution is 6.66. The molecule has 0 aromatic rings. The highest BCUT2D eigenvalue weighted by Gasteiger charge is 2.38. The maximum absolute atomic E-state index is 6.20. The van der Waals surface area contributed by atoms with Crippen LogP contribution in [0.5, 0.6) is 0 Å². The van der Waals surface area contributed by atoms with E-state index in [1.807, 2.05) is 0 Å². The number of hydrogen-bond acceptors (Lipinski definition) is 3. The van der Waals surface area contributed by atoms with Gasteiger partial charge in [-0.05, 0) is 37.8 Å². The molecule has 144 valence electrons. The van der Waals surface area contributed by atoms with Crippen LogP contribution in [0.25, 0.3) is 0 Å². The molecular weight excluding hydrogens is 316 g/mol. The van der Waals surface area contributed by atoms with E-state index >= 15 is 0 Å². The molecule has 0 N–H and O–H groups in total. The predicted molar refractivity (Wildman–Crippen MR) is 106 cm³/mol. The van der Waals surface area contributed by atoms with Crippen LogP contribution < -0.4 is 0 Å². The molecule has 0 aliphatic carbocycles. The van der Waals surface area contributed by atoms with Gasteiger partial charge in [-0.1, -0.05) is 72.3 Å². The van der Waals surface area contributed by atoms with Gasteiger partial charge in [-0.25, -0.2) is 0 Å². The molecule has 4 heteroatoms. The number of allylic oxidation sites excluding steroid dienone is 1. The van der Waals surface area contributed by atoms with Crippen LogP contribution in [-0.4, -0.2) is 28.6 Å². The summed E-state index contributed by atoms with van der Waals surface area (Å²) in [6.45, 7) is 11.0. The zero-order chi connectivity index (χ0) is 17.9. The third-order valence-electron chi connectivity index (χ3n) is 3.95. The Kier molecular flexibility index (Phi) is 17.5. The minimum absolute atomic E-state index is 0.737. The maximum atomic E-state index is 6.20. The summed E-state index contributed by atoms with van der Waals surface area (Å²) in [5.74, 6) is 0. The van der Waals surface area contributed by atoms with Crippen LogP contribution in [0.2, 0.25) is 0 Å². The Hall–Kier alpha value is -0.163. The molecule has 0 radical (unpaired) electrons. The van der Waals surface area contributed by atoms with Crippen molar-refractivity contribution in [3.8, 4) is 0 Å². The van der Waals surface area contributed by atoms with Crippen molar-refractivity contribution in [2.75, 3.05) is 19.8 Å². The van der Waals surface area contributed by atoms with Gasteiger partial charge in [0.1, 0.15) is 0 Å². The van der Waals surface area contributed by atoms with Crippen LogP contribution in [0.3, 0.4) is 0 Å². The summed E-state index contributed by atoms with van der Waals surface area (Å²) < 4.78 is 18.6.